The van der Waals surface area contributed by atoms with Gasteiger partial charge in [-0.05, 0) is 36.5 Å². The molecule has 0 aliphatic rings. The maximum atomic E-state index is 11.6. The van der Waals surface area contributed by atoms with Crippen LogP contribution in [-0.4, -0.2) is 39.2 Å². The van der Waals surface area contributed by atoms with Crippen LogP contribution in [0.25, 0.3) is 11.3 Å². The van der Waals surface area contributed by atoms with Crippen LogP contribution in [0.2, 0.25) is 0 Å². The van der Waals surface area contributed by atoms with Crippen molar-refractivity contribution in [2.75, 3.05) is 0 Å². The summed E-state index contributed by atoms with van der Waals surface area (Å²) in [6, 6.07) is 11.3. The van der Waals surface area contributed by atoms with Crippen molar-refractivity contribution in [1.82, 2.24) is 10.3 Å². The predicted octanol–water partition coefficient (Wildman–Crippen LogP) is 2.83. The monoisotopic (exact) mass is 356 g/mol. The number of nitrogens with zero attached hydrogens (tertiary/aromatic N) is 1. The summed E-state index contributed by atoms with van der Waals surface area (Å²) >= 11 is 0. The summed E-state index contributed by atoms with van der Waals surface area (Å²) in [6.07, 6.45) is 2.30. The molecule has 6 heteroatoms. The van der Waals surface area contributed by atoms with E-state index in [1.54, 1.807) is 6.20 Å². The van der Waals surface area contributed by atoms with Crippen LogP contribution in [0.3, 0.4) is 0 Å². The Morgan fingerprint density at radius 3 is 2.15 bits per heavy atom. The largest absolute Gasteiger partial charge is 0.480 e. The zero-order valence-electron chi connectivity index (χ0n) is 14.9. The molecule has 0 bridgehead atoms. The molecule has 0 spiro atoms. The molecule has 3 N–H and O–H groups in total. The van der Waals surface area contributed by atoms with Crippen LogP contribution < -0.4 is 5.32 Å². The molecule has 0 amide bonds. The number of hydrogen-bond donors (Lipinski definition) is 3. The van der Waals surface area contributed by atoms with Gasteiger partial charge in [0.05, 0.1) is 5.69 Å². The molecule has 0 fully saturated rings. The number of nitrogens with one attached hydrogen (secondary N) is 1. The van der Waals surface area contributed by atoms with E-state index in [0.717, 1.165) is 16.8 Å². The van der Waals surface area contributed by atoms with Crippen LogP contribution in [-0.2, 0) is 16.0 Å². The lowest BCUT2D eigenvalue weighted by atomic mass is 9.99. The number of pyridine rings is 1. The highest BCUT2D eigenvalue weighted by molar-refractivity contribution is 5.77. The number of rotatable bonds is 9. The molecule has 2 aromatic rings. The molecule has 2 atom stereocenters. The number of aliphatic carboxylic acids is 2. The second kappa shape index (κ2) is 9.10. The van der Waals surface area contributed by atoms with E-state index in [9.17, 15) is 19.8 Å². The summed E-state index contributed by atoms with van der Waals surface area (Å²) in [4.78, 5) is 27.2. The molecule has 0 radical (unpaired) electrons. The Hall–Kier alpha value is -2.73. The lowest BCUT2D eigenvalue weighted by Crippen LogP contribution is -2.48. The van der Waals surface area contributed by atoms with E-state index in [1.165, 1.54) is 0 Å². The zero-order chi connectivity index (χ0) is 19.1. The minimum atomic E-state index is -1.06. The molecule has 2 rings (SSSR count). The van der Waals surface area contributed by atoms with Gasteiger partial charge in [-0.2, -0.15) is 0 Å². The first-order valence-corrected chi connectivity index (χ1v) is 8.59. The Labute approximate surface area is 152 Å². The van der Waals surface area contributed by atoms with Gasteiger partial charge in [0.15, 0.2) is 0 Å². The van der Waals surface area contributed by atoms with Gasteiger partial charge < -0.3 is 10.2 Å². The van der Waals surface area contributed by atoms with E-state index in [-0.39, 0.29) is 12.3 Å². The van der Waals surface area contributed by atoms with Crippen LogP contribution in [0.15, 0.2) is 48.7 Å². The van der Waals surface area contributed by atoms with Gasteiger partial charge in [-0.15, -0.1) is 0 Å². The number of carboxylic acids is 2. The van der Waals surface area contributed by atoms with Gasteiger partial charge in [-0.1, -0.05) is 44.2 Å². The summed E-state index contributed by atoms with van der Waals surface area (Å²) in [5.41, 5.74) is 2.60. The summed E-state index contributed by atoms with van der Waals surface area (Å²) in [5, 5.41) is 21.6. The molecule has 0 aliphatic carbocycles. The molecule has 0 saturated carbocycles. The highest BCUT2D eigenvalue weighted by Crippen LogP contribution is 2.18. The molecule has 2 unspecified atom stereocenters. The molecule has 1 heterocycles. The van der Waals surface area contributed by atoms with Gasteiger partial charge in [-0.3, -0.25) is 19.9 Å². The first kappa shape index (κ1) is 19.6. The maximum Gasteiger partial charge on any atom is 0.321 e. The molecule has 6 nitrogen and oxygen atoms in total. The second-order valence-electron chi connectivity index (χ2n) is 6.69. The van der Waals surface area contributed by atoms with E-state index in [1.807, 2.05) is 56.3 Å². The number of carboxylic acid groups (broad SMARTS) is 2. The molecule has 0 saturated heterocycles. The summed E-state index contributed by atoms with van der Waals surface area (Å²) in [7, 11) is 0. The van der Waals surface area contributed by atoms with Crippen molar-refractivity contribution in [2.24, 2.45) is 5.92 Å². The van der Waals surface area contributed by atoms with Crippen LogP contribution in [0.4, 0.5) is 0 Å². The SMILES string of the molecule is CC(C)CC(NC(Cc1ccc(-c2ccccn2)cc1)C(=O)O)C(=O)O. The minimum Gasteiger partial charge on any atom is -0.480 e. The first-order chi connectivity index (χ1) is 12.4. The number of hydrogen-bond acceptors (Lipinski definition) is 4. The van der Waals surface area contributed by atoms with Crippen molar-refractivity contribution in [3.05, 3.63) is 54.2 Å². The third-order valence-electron chi connectivity index (χ3n) is 4.06. The van der Waals surface area contributed by atoms with Gasteiger partial charge >= 0.3 is 11.9 Å². The van der Waals surface area contributed by atoms with Crippen molar-refractivity contribution in [1.29, 1.82) is 0 Å². The molecule has 26 heavy (non-hydrogen) atoms. The van der Waals surface area contributed by atoms with Crippen LogP contribution in [0, 0.1) is 5.92 Å². The second-order valence-corrected chi connectivity index (χ2v) is 6.69. The smallest absolute Gasteiger partial charge is 0.321 e. The Kier molecular flexibility index (Phi) is 6.86. The molecule has 138 valence electrons. The molecule has 1 aromatic carbocycles. The van der Waals surface area contributed by atoms with E-state index in [2.05, 4.69) is 10.3 Å². The third-order valence-corrected chi connectivity index (χ3v) is 4.06. The lowest BCUT2D eigenvalue weighted by molar-refractivity contribution is -0.142. The Bertz CT molecular complexity index is 729. The summed E-state index contributed by atoms with van der Waals surface area (Å²) < 4.78 is 0. The van der Waals surface area contributed by atoms with Crippen molar-refractivity contribution in [3.63, 3.8) is 0 Å². The first-order valence-electron chi connectivity index (χ1n) is 8.59. The highest BCUT2D eigenvalue weighted by Gasteiger charge is 2.26. The van der Waals surface area contributed by atoms with Crippen LogP contribution >= 0.6 is 0 Å². The third kappa shape index (κ3) is 5.67. The molecular weight excluding hydrogens is 332 g/mol. The topological polar surface area (TPSA) is 99.5 Å². The summed E-state index contributed by atoms with van der Waals surface area (Å²) in [6.45, 7) is 3.81. The number of carbonyl (C=O) groups is 2. The fourth-order valence-corrected chi connectivity index (χ4v) is 2.75. The van der Waals surface area contributed by atoms with E-state index < -0.39 is 24.0 Å². The average Bonchev–Trinajstić information content (AvgIpc) is 2.61. The van der Waals surface area contributed by atoms with Crippen LogP contribution in [0.5, 0.6) is 0 Å². The zero-order valence-corrected chi connectivity index (χ0v) is 14.9. The minimum absolute atomic E-state index is 0.149. The van der Waals surface area contributed by atoms with Crippen molar-refractivity contribution in [3.8, 4) is 11.3 Å². The quantitative estimate of drug-likeness (QED) is 0.639. The maximum absolute atomic E-state index is 11.6. The number of benzene rings is 1. The van der Waals surface area contributed by atoms with Crippen LogP contribution in [0.1, 0.15) is 25.8 Å². The van der Waals surface area contributed by atoms with E-state index in [4.69, 9.17) is 0 Å². The number of aromatic nitrogens is 1. The lowest BCUT2D eigenvalue weighted by Gasteiger charge is -2.21. The fraction of sp³-hybridized carbons (Fsp3) is 0.350. The Balaban J connectivity index is 2.09. The average molecular weight is 356 g/mol. The Morgan fingerprint density at radius 2 is 1.65 bits per heavy atom. The van der Waals surface area contributed by atoms with Gasteiger partial charge in [0.25, 0.3) is 0 Å². The molecular formula is C20H24N2O4. The Morgan fingerprint density at radius 1 is 1.00 bits per heavy atom. The van der Waals surface area contributed by atoms with Crippen molar-refractivity contribution >= 4 is 11.9 Å². The van der Waals surface area contributed by atoms with Crippen molar-refractivity contribution < 1.29 is 19.8 Å². The van der Waals surface area contributed by atoms with Crippen molar-refractivity contribution in [2.45, 2.75) is 38.8 Å². The highest BCUT2D eigenvalue weighted by atomic mass is 16.4. The molecule has 1 aromatic heterocycles. The standard InChI is InChI=1S/C20H24N2O4/c1-13(2)11-17(19(23)24)22-18(20(25)26)12-14-6-8-15(9-7-14)16-5-3-4-10-21-16/h3-10,13,17-18,22H,11-12H2,1-2H3,(H,23,24)(H,25,26). The predicted molar refractivity (Wildman–Crippen MR) is 98.8 cm³/mol. The van der Waals surface area contributed by atoms with Gasteiger partial charge in [0.2, 0.25) is 0 Å². The fourth-order valence-electron chi connectivity index (χ4n) is 2.75. The summed E-state index contributed by atoms with van der Waals surface area (Å²) in [5.74, 6) is -1.94. The van der Waals surface area contributed by atoms with E-state index in [0.29, 0.717) is 6.42 Å². The van der Waals surface area contributed by atoms with Gasteiger partial charge in [0, 0.05) is 11.8 Å². The van der Waals surface area contributed by atoms with E-state index >= 15 is 0 Å². The van der Waals surface area contributed by atoms with Gasteiger partial charge in [0.1, 0.15) is 12.1 Å². The molecule has 0 aliphatic heterocycles. The van der Waals surface area contributed by atoms with Gasteiger partial charge in [-0.25, -0.2) is 0 Å². The normalized spacial score (nSPS) is 13.3.